The fraction of sp³-hybridized carbons (Fsp3) is 0.600. The molecule has 2 heterocycles. The van der Waals surface area contributed by atoms with Gasteiger partial charge in [-0.2, -0.15) is 0 Å². The first-order valence-corrected chi connectivity index (χ1v) is 7.18. The van der Waals surface area contributed by atoms with Crippen molar-refractivity contribution in [1.29, 1.82) is 0 Å². The number of pyridine rings is 1. The molecule has 0 bridgehead atoms. The Labute approximate surface area is 121 Å². The Morgan fingerprint density at radius 2 is 2.20 bits per heavy atom. The SMILES string of the molecule is CCNc1ccc(C(=O)N2CC(C)C(N(C)C)C2)nc1. The minimum Gasteiger partial charge on any atom is -0.384 e. The number of anilines is 1. The molecular weight excluding hydrogens is 252 g/mol. The number of carbonyl (C=O) groups is 1. The molecule has 1 fully saturated rings. The molecule has 5 nitrogen and oxygen atoms in total. The van der Waals surface area contributed by atoms with Crippen LogP contribution < -0.4 is 5.32 Å². The van der Waals surface area contributed by atoms with Gasteiger partial charge in [0.2, 0.25) is 0 Å². The largest absolute Gasteiger partial charge is 0.384 e. The summed E-state index contributed by atoms with van der Waals surface area (Å²) < 4.78 is 0. The number of nitrogens with one attached hydrogen (secondary N) is 1. The van der Waals surface area contributed by atoms with E-state index < -0.39 is 0 Å². The van der Waals surface area contributed by atoms with Gasteiger partial charge in [0.05, 0.1) is 11.9 Å². The van der Waals surface area contributed by atoms with Gasteiger partial charge in [0.15, 0.2) is 0 Å². The second kappa shape index (κ2) is 6.22. The molecule has 1 N–H and O–H groups in total. The van der Waals surface area contributed by atoms with Crippen molar-refractivity contribution >= 4 is 11.6 Å². The first-order chi connectivity index (χ1) is 9.52. The van der Waals surface area contributed by atoms with Crippen molar-refractivity contribution in [3.8, 4) is 0 Å². The highest BCUT2D eigenvalue weighted by atomic mass is 16.2. The zero-order chi connectivity index (χ0) is 14.7. The fourth-order valence-corrected chi connectivity index (χ4v) is 2.78. The highest BCUT2D eigenvalue weighted by molar-refractivity contribution is 5.92. The fourth-order valence-electron chi connectivity index (χ4n) is 2.78. The van der Waals surface area contributed by atoms with E-state index in [4.69, 9.17) is 0 Å². The van der Waals surface area contributed by atoms with Crippen molar-refractivity contribution in [2.75, 3.05) is 39.0 Å². The van der Waals surface area contributed by atoms with Gasteiger partial charge in [0.25, 0.3) is 5.91 Å². The summed E-state index contributed by atoms with van der Waals surface area (Å²) >= 11 is 0. The highest BCUT2D eigenvalue weighted by Crippen LogP contribution is 2.21. The first-order valence-electron chi connectivity index (χ1n) is 7.18. The standard InChI is InChI=1S/C15H24N4O/c1-5-16-12-6-7-13(17-8-12)15(20)19-9-11(2)14(10-19)18(3)4/h6-8,11,14,16H,5,9-10H2,1-4H3. The number of hydrogen-bond acceptors (Lipinski definition) is 4. The first kappa shape index (κ1) is 14.8. The number of nitrogens with zero attached hydrogens (tertiary/aromatic N) is 3. The molecule has 2 atom stereocenters. The number of carbonyl (C=O) groups excluding carboxylic acids is 1. The minimum atomic E-state index is 0.0317. The molecule has 0 saturated carbocycles. The molecule has 2 rings (SSSR count). The lowest BCUT2D eigenvalue weighted by Crippen LogP contribution is -2.36. The van der Waals surface area contributed by atoms with Gasteiger partial charge in [0.1, 0.15) is 5.69 Å². The highest BCUT2D eigenvalue weighted by Gasteiger charge is 2.34. The van der Waals surface area contributed by atoms with Gasteiger partial charge in [-0.1, -0.05) is 6.92 Å². The summed E-state index contributed by atoms with van der Waals surface area (Å²) in [6.45, 7) is 6.66. The van der Waals surface area contributed by atoms with Gasteiger partial charge in [-0.25, -0.2) is 4.98 Å². The molecule has 1 aromatic rings. The Morgan fingerprint density at radius 1 is 1.45 bits per heavy atom. The Morgan fingerprint density at radius 3 is 2.70 bits per heavy atom. The van der Waals surface area contributed by atoms with Crippen LogP contribution in [0.2, 0.25) is 0 Å². The predicted molar refractivity (Wildman–Crippen MR) is 80.9 cm³/mol. The molecular formula is C15H24N4O. The molecule has 1 aliphatic heterocycles. The molecule has 0 aromatic carbocycles. The van der Waals surface area contributed by atoms with Crippen LogP contribution in [0.3, 0.4) is 0 Å². The zero-order valence-electron chi connectivity index (χ0n) is 12.8. The van der Waals surface area contributed by atoms with E-state index in [1.165, 1.54) is 0 Å². The van der Waals surface area contributed by atoms with Crippen LogP contribution in [-0.2, 0) is 0 Å². The molecule has 0 spiro atoms. The summed E-state index contributed by atoms with van der Waals surface area (Å²) in [6, 6.07) is 4.14. The smallest absolute Gasteiger partial charge is 0.272 e. The topological polar surface area (TPSA) is 48.5 Å². The normalized spacial score (nSPS) is 22.4. The van der Waals surface area contributed by atoms with Gasteiger partial charge < -0.3 is 15.1 Å². The van der Waals surface area contributed by atoms with Gasteiger partial charge in [0, 0.05) is 25.7 Å². The molecule has 1 aliphatic rings. The van der Waals surface area contributed by atoms with E-state index in [-0.39, 0.29) is 5.91 Å². The number of likely N-dealkylation sites (N-methyl/N-ethyl adjacent to an activating group) is 1. The Bertz CT molecular complexity index is 457. The molecule has 2 unspecified atom stereocenters. The van der Waals surface area contributed by atoms with Crippen LogP contribution in [-0.4, -0.2) is 60.5 Å². The summed E-state index contributed by atoms with van der Waals surface area (Å²) in [4.78, 5) is 20.8. The van der Waals surface area contributed by atoms with Gasteiger partial charge in [-0.05, 0) is 39.1 Å². The minimum absolute atomic E-state index is 0.0317. The molecule has 110 valence electrons. The lowest BCUT2D eigenvalue weighted by Gasteiger charge is -2.22. The van der Waals surface area contributed by atoms with Crippen molar-refractivity contribution in [1.82, 2.24) is 14.8 Å². The van der Waals surface area contributed by atoms with Crippen molar-refractivity contribution in [3.63, 3.8) is 0 Å². The van der Waals surface area contributed by atoms with E-state index in [2.05, 4.69) is 36.2 Å². The molecule has 5 heteroatoms. The lowest BCUT2D eigenvalue weighted by atomic mass is 10.1. The van der Waals surface area contributed by atoms with Crippen LogP contribution in [0.15, 0.2) is 18.3 Å². The van der Waals surface area contributed by atoms with Crippen LogP contribution in [0.1, 0.15) is 24.3 Å². The lowest BCUT2D eigenvalue weighted by molar-refractivity contribution is 0.0775. The third-order valence-electron chi connectivity index (χ3n) is 3.89. The number of rotatable bonds is 4. The average molecular weight is 276 g/mol. The average Bonchev–Trinajstić information content (AvgIpc) is 2.81. The van der Waals surface area contributed by atoms with Crippen LogP contribution >= 0.6 is 0 Å². The Balaban J connectivity index is 2.04. The summed E-state index contributed by atoms with van der Waals surface area (Å²) in [6.07, 6.45) is 1.72. The number of aromatic nitrogens is 1. The molecule has 20 heavy (non-hydrogen) atoms. The maximum absolute atomic E-state index is 12.5. The third kappa shape index (κ3) is 3.10. The molecule has 1 saturated heterocycles. The monoisotopic (exact) mass is 276 g/mol. The van der Waals surface area contributed by atoms with Crippen LogP contribution in [0.4, 0.5) is 5.69 Å². The van der Waals surface area contributed by atoms with Crippen molar-refractivity contribution in [2.24, 2.45) is 5.92 Å². The second-order valence-electron chi connectivity index (χ2n) is 5.68. The summed E-state index contributed by atoms with van der Waals surface area (Å²) in [5.41, 5.74) is 1.48. The summed E-state index contributed by atoms with van der Waals surface area (Å²) in [5.74, 6) is 0.527. The van der Waals surface area contributed by atoms with Gasteiger partial charge in [-0.3, -0.25) is 4.79 Å². The van der Waals surface area contributed by atoms with E-state index in [0.717, 1.165) is 25.3 Å². The molecule has 1 amide bonds. The summed E-state index contributed by atoms with van der Waals surface area (Å²) in [5, 5.41) is 3.18. The van der Waals surface area contributed by atoms with Crippen LogP contribution in [0, 0.1) is 5.92 Å². The van der Waals surface area contributed by atoms with Gasteiger partial charge >= 0.3 is 0 Å². The summed E-state index contributed by atoms with van der Waals surface area (Å²) in [7, 11) is 4.14. The van der Waals surface area contributed by atoms with E-state index >= 15 is 0 Å². The third-order valence-corrected chi connectivity index (χ3v) is 3.89. The van der Waals surface area contributed by atoms with Crippen molar-refractivity contribution in [2.45, 2.75) is 19.9 Å². The number of amides is 1. The van der Waals surface area contributed by atoms with E-state index in [9.17, 15) is 4.79 Å². The quantitative estimate of drug-likeness (QED) is 0.906. The van der Waals surface area contributed by atoms with E-state index in [1.54, 1.807) is 12.3 Å². The van der Waals surface area contributed by atoms with E-state index in [1.807, 2.05) is 17.9 Å². The molecule has 0 radical (unpaired) electrons. The maximum Gasteiger partial charge on any atom is 0.272 e. The van der Waals surface area contributed by atoms with Crippen LogP contribution in [0.25, 0.3) is 0 Å². The van der Waals surface area contributed by atoms with Gasteiger partial charge in [-0.15, -0.1) is 0 Å². The molecule has 0 aliphatic carbocycles. The van der Waals surface area contributed by atoms with E-state index in [0.29, 0.717) is 17.7 Å². The maximum atomic E-state index is 12.5. The molecule has 1 aromatic heterocycles. The Hall–Kier alpha value is -1.62. The predicted octanol–water partition coefficient (Wildman–Crippen LogP) is 1.54. The number of likely N-dealkylation sites (tertiary alicyclic amines) is 1. The van der Waals surface area contributed by atoms with Crippen LogP contribution in [0.5, 0.6) is 0 Å². The zero-order valence-corrected chi connectivity index (χ0v) is 12.8. The Kier molecular flexibility index (Phi) is 4.60. The number of hydrogen-bond donors (Lipinski definition) is 1. The second-order valence-corrected chi connectivity index (χ2v) is 5.68. The van der Waals surface area contributed by atoms with Crippen molar-refractivity contribution < 1.29 is 4.79 Å². The van der Waals surface area contributed by atoms with Crippen molar-refractivity contribution in [3.05, 3.63) is 24.0 Å².